The third-order valence-electron chi connectivity index (χ3n) is 4.95. The Labute approximate surface area is 138 Å². The van der Waals surface area contributed by atoms with Crippen molar-refractivity contribution in [3.63, 3.8) is 0 Å². The van der Waals surface area contributed by atoms with Crippen molar-refractivity contribution < 1.29 is 20.3 Å². The van der Waals surface area contributed by atoms with Gasteiger partial charge in [0.05, 0.1) is 0 Å². The maximum Gasteiger partial charge on any atom is -0.147 e. The van der Waals surface area contributed by atoms with Crippen molar-refractivity contribution in [2.24, 2.45) is 0 Å². The Morgan fingerprint density at radius 3 is 2.45 bits per heavy atom. The zero-order valence-corrected chi connectivity index (χ0v) is 15.7. The van der Waals surface area contributed by atoms with E-state index in [1.54, 1.807) is 19.4 Å². The minimum Gasteiger partial charge on any atom is -0.147 e. The van der Waals surface area contributed by atoms with E-state index in [9.17, 15) is 0 Å². The molecule has 0 aromatic heterocycles. The Bertz CT molecular complexity index is 609. The molecule has 20 heavy (non-hydrogen) atoms. The van der Waals surface area contributed by atoms with Crippen LogP contribution in [0.3, 0.4) is 0 Å². The minimum atomic E-state index is -2.00. The molecular formula is C17H20Cl2Zr. The smallest absolute Gasteiger partial charge is 0.147 e. The number of halogens is 2. The van der Waals surface area contributed by atoms with Gasteiger partial charge in [-0.15, -0.1) is 24.8 Å². The molecule has 0 spiro atoms. The van der Waals surface area contributed by atoms with Gasteiger partial charge >= 0.3 is 114 Å². The number of hydrogen-bond donors (Lipinski definition) is 0. The van der Waals surface area contributed by atoms with Crippen molar-refractivity contribution in [3.8, 4) is 0 Å². The predicted molar refractivity (Wildman–Crippen MR) is 88.8 cm³/mol. The number of benzene rings is 1. The molecule has 3 heteroatoms. The molecule has 106 valence electrons. The molecule has 1 aromatic carbocycles. The third kappa shape index (κ3) is 2.33. The maximum atomic E-state index is 2.53. The quantitative estimate of drug-likeness (QED) is 0.599. The van der Waals surface area contributed by atoms with Gasteiger partial charge in [-0.05, 0) is 0 Å². The summed E-state index contributed by atoms with van der Waals surface area (Å²) in [6.45, 7) is 2.33. The fourth-order valence-corrected chi connectivity index (χ4v) is 19.1. The summed E-state index contributed by atoms with van der Waals surface area (Å²) in [5.74, 6) is 0. The van der Waals surface area contributed by atoms with Crippen molar-refractivity contribution >= 4 is 30.9 Å². The van der Waals surface area contributed by atoms with Crippen LogP contribution in [0.25, 0.3) is 6.08 Å². The third-order valence-corrected chi connectivity index (χ3v) is 17.4. The number of allylic oxidation sites excluding steroid dienone is 5. The molecule has 0 bridgehead atoms. The number of hydrogen-bond acceptors (Lipinski definition) is 0. The molecule has 1 aromatic rings. The Hall–Kier alpha value is -0.0969. The first-order chi connectivity index (χ1) is 8.81. The summed E-state index contributed by atoms with van der Waals surface area (Å²) >= 11 is -2.00. The molecule has 0 nitrogen and oxygen atoms in total. The zero-order valence-electron chi connectivity index (χ0n) is 11.6. The van der Waals surface area contributed by atoms with Gasteiger partial charge in [0.2, 0.25) is 0 Å². The van der Waals surface area contributed by atoms with Crippen molar-refractivity contribution in [2.45, 2.75) is 25.2 Å². The van der Waals surface area contributed by atoms with Crippen molar-refractivity contribution in [2.75, 3.05) is 0 Å². The summed E-state index contributed by atoms with van der Waals surface area (Å²) in [7, 11) is 0. The van der Waals surface area contributed by atoms with Gasteiger partial charge in [0.15, 0.2) is 0 Å². The van der Waals surface area contributed by atoms with E-state index >= 15 is 0 Å². The second-order valence-corrected chi connectivity index (χ2v) is 17.0. The second kappa shape index (κ2) is 5.95. The van der Waals surface area contributed by atoms with E-state index in [0.717, 1.165) is 3.63 Å². The van der Waals surface area contributed by atoms with Crippen LogP contribution >= 0.6 is 24.8 Å². The molecule has 3 aliphatic rings. The topological polar surface area (TPSA) is 0 Å². The van der Waals surface area contributed by atoms with Crippen LogP contribution in [0.4, 0.5) is 0 Å². The number of rotatable bonds is 2. The first-order valence-corrected chi connectivity index (χ1v) is 13.1. The van der Waals surface area contributed by atoms with E-state index in [1.165, 1.54) is 12.0 Å². The van der Waals surface area contributed by atoms with Gasteiger partial charge in [-0.3, -0.25) is 0 Å². The van der Waals surface area contributed by atoms with Crippen LogP contribution in [0.15, 0.2) is 51.3 Å². The molecule has 0 N–H and O–H groups in total. The summed E-state index contributed by atoms with van der Waals surface area (Å²) in [6, 6.07) is 9.04. The molecule has 0 amide bonds. The fraction of sp³-hybridized carbons (Fsp3) is 0.294. The van der Waals surface area contributed by atoms with Gasteiger partial charge in [0.25, 0.3) is 0 Å². The summed E-state index contributed by atoms with van der Waals surface area (Å²) in [4.78, 5) is 0. The molecule has 1 atom stereocenters. The van der Waals surface area contributed by atoms with Crippen LogP contribution in [-0.4, -0.2) is 0 Å². The van der Waals surface area contributed by atoms with Crippen molar-refractivity contribution in [1.82, 2.24) is 0 Å². The van der Waals surface area contributed by atoms with E-state index in [-0.39, 0.29) is 24.8 Å². The molecule has 1 aliphatic heterocycles. The normalized spacial score (nSPS) is 24.1. The number of fused-ring (bicyclic) bond motifs is 1. The minimum absolute atomic E-state index is 0. The van der Waals surface area contributed by atoms with Gasteiger partial charge in [-0.25, -0.2) is 0 Å². The summed E-state index contributed by atoms with van der Waals surface area (Å²) in [5.41, 5.74) is 4.73. The van der Waals surface area contributed by atoms with E-state index in [0.29, 0.717) is 0 Å². The van der Waals surface area contributed by atoms with Crippen LogP contribution in [0.5, 0.6) is 0 Å². The van der Waals surface area contributed by atoms with E-state index in [1.807, 2.05) is 3.28 Å². The molecule has 2 aliphatic carbocycles. The summed E-state index contributed by atoms with van der Waals surface area (Å²) < 4.78 is 5.90. The first-order valence-electron chi connectivity index (χ1n) is 6.95. The molecule has 1 unspecified atom stereocenters. The van der Waals surface area contributed by atoms with E-state index in [4.69, 9.17) is 0 Å². The Balaban J connectivity index is 0.000000735. The van der Waals surface area contributed by atoms with Crippen LogP contribution in [0.2, 0.25) is 8.26 Å². The van der Waals surface area contributed by atoms with Gasteiger partial charge in [0.1, 0.15) is 0 Å². The van der Waals surface area contributed by atoms with Gasteiger partial charge in [-0.2, -0.15) is 0 Å². The molecule has 1 heterocycles. The van der Waals surface area contributed by atoms with E-state index in [2.05, 4.69) is 55.5 Å². The summed E-state index contributed by atoms with van der Waals surface area (Å²) in [6.07, 6.45) is 10.9. The summed E-state index contributed by atoms with van der Waals surface area (Å²) in [5, 5.41) is 0. The molecular weight excluding hydrogens is 366 g/mol. The zero-order chi connectivity index (χ0) is 12.2. The standard InChI is InChI=1S/C9H7.C6H7.C2H4.2ClH.Zr/c1-2-5-9-7-3-6-8(9)4-1;1-6-4-2-3-5-6;1-2;;;/h1-7H;2,4H,3H2,1H3;1-2H2;2*1H;. The van der Waals surface area contributed by atoms with Crippen LogP contribution < -0.4 is 0 Å². The predicted octanol–water partition coefficient (Wildman–Crippen LogP) is 5.84. The second-order valence-electron chi connectivity index (χ2n) is 5.89. The average molecular weight is 386 g/mol. The molecule has 4 rings (SSSR count). The molecule has 1 fully saturated rings. The van der Waals surface area contributed by atoms with Gasteiger partial charge in [0, 0.05) is 0 Å². The van der Waals surface area contributed by atoms with Crippen LogP contribution in [0.1, 0.15) is 28.1 Å². The Morgan fingerprint density at radius 2 is 1.80 bits per heavy atom. The van der Waals surface area contributed by atoms with Gasteiger partial charge < -0.3 is 0 Å². The van der Waals surface area contributed by atoms with Crippen molar-refractivity contribution in [1.29, 1.82) is 0 Å². The SMILES string of the molecule is CC1=[C]([Zr]2([CH]3C=Cc4ccccc43)[CH2][CH2]2)CC=C1.Cl.Cl. The first kappa shape index (κ1) is 16.3. The van der Waals surface area contributed by atoms with E-state index < -0.39 is 20.3 Å². The fourth-order valence-electron chi connectivity index (χ4n) is 3.88. The Morgan fingerprint density at radius 1 is 1.05 bits per heavy atom. The Kier molecular flexibility index (Phi) is 4.84. The molecule has 0 radical (unpaired) electrons. The van der Waals surface area contributed by atoms with Crippen LogP contribution in [0, 0.1) is 0 Å². The average Bonchev–Trinajstić information content (AvgIpc) is 2.87. The van der Waals surface area contributed by atoms with Crippen molar-refractivity contribution in [3.05, 3.63) is 62.5 Å². The van der Waals surface area contributed by atoms with Crippen LogP contribution in [-0.2, 0) is 20.3 Å². The molecule has 1 saturated heterocycles. The van der Waals surface area contributed by atoms with Gasteiger partial charge in [-0.1, -0.05) is 0 Å². The maximum absolute atomic E-state index is 2.53. The monoisotopic (exact) mass is 384 g/mol. The largest absolute Gasteiger partial charge is 0.147 e. The molecule has 0 saturated carbocycles.